The number of alkyl halides is 3. The fourth-order valence-electron chi connectivity index (χ4n) is 4.08. The Morgan fingerprint density at radius 3 is 2.27 bits per heavy atom. The monoisotopic (exact) mass is 514 g/mol. The van der Waals surface area contributed by atoms with E-state index in [0.29, 0.717) is 0 Å². The molecule has 37 heavy (non-hydrogen) atoms. The van der Waals surface area contributed by atoms with Crippen LogP contribution in [0.3, 0.4) is 0 Å². The normalized spacial score (nSPS) is 11.5. The van der Waals surface area contributed by atoms with E-state index >= 15 is 0 Å². The van der Waals surface area contributed by atoms with Crippen LogP contribution in [0.4, 0.5) is 22.0 Å². The molecule has 2 aromatic heterocycles. The predicted octanol–water partition coefficient (Wildman–Crippen LogP) is 3.82. The van der Waals surface area contributed by atoms with Gasteiger partial charge in [0, 0.05) is 28.3 Å². The van der Waals surface area contributed by atoms with E-state index in [1.807, 2.05) is 6.07 Å². The van der Waals surface area contributed by atoms with E-state index in [2.05, 4.69) is 10.1 Å². The van der Waals surface area contributed by atoms with Crippen LogP contribution in [0.25, 0.3) is 22.0 Å². The second-order valence-electron chi connectivity index (χ2n) is 7.98. The maximum Gasteiger partial charge on any atom is 0.435 e. The van der Waals surface area contributed by atoms with Crippen LogP contribution in [0.1, 0.15) is 43.4 Å². The van der Waals surface area contributed by atoms with E-state index in [9.17, 15) is 36.8 Å². The number of primary amides is 2. The second-order valence-corrected chi connectivity index (χ2v) is 7.98. The third kappa shape index (κ3) is 4.44. The molecule has 4 rings (SSSR count). The number of carbonyl (C=O) groups is 2. The first-order valence-electron chi connectivity index (χ1n) is 10.4. The average molecular weight is 514 g/mol. The van der Waals surface area contributed by atoms with Crippen molar-refractivity contribution >= 4 is 22.7 Å². The number of pyridine rings is 1. The molecule has 0 fully saturated rings. The molecular weight excluding hydrogens is 499 g/mol. The zero-order chi connectivity index (χ0) is 27.2. The van der Waals surface area contributed by atoms with Crippen LogP contribution >= 0.6 is 0 Å². The first-order valence-corrected chi connectivity index (χ1v) is 10.4. The molecule has 0 spiro atoms. The van der Waals surface area contributed by atoms with Gasteiger partial charge in [-0.25, -0.2) is 13.8 Å². The Hall–Kier alpha value is -4.86. The number of amides is 2. The zero-order valence-corrected chi connectivity index (χ0v) is 18.8. The maximum atomic E-state index is 14.2. The summed E-state index contributed by atoms with van der Waals surface area (Å²) < 4.78 is 71.2. The first kappa shape index (κ1) is 25.2. The number of carbonyl (C=O) groups excluding carboxylic acids is 2. The summed E-state index contributed by atoms with van der Waals surface area (Å²) >= 11 is 0. The maximum absolute atomic E-state index is 14.2. The largest absolute Gasteiger partial charge is 0.435 e. The third-order valence-electron chi connectivity index (χ3n) is 5.66. The lowest BCUT2D eigenvalue weighted by Gasteiger charge is -2.16. The molecular formula is C24H15F5N6O2. The average Bonchev–Trinajstić information content (AvgIpc) is 3.13. The van der Waals surface area contributed by atoms with Crippen molar-refractivity contribution in [2.45, 2.75) is 19.6 Å². The minimum Gasteiger partial charge on any atom is -0.366 e. The highest BCUT2D eigenvalue weighted by Gasteiger charge is 2.41. The molecule has 0 unspecified atom stereocenters. The minimum atomic E-state index is -5.10. The molecule has 0 atom stereocenters. The fourth-order valence-corrected chi connectivity index (χ4v) is 4.08. The van der Waals surface area contributed by atoms with E-state index in [1.54, 1.807) is 0 Å². The lowest BCUT2D eigenvalue weighted by Crippen LogP contribution is -2.21. The molecule has 13 heteroatoms. The van der Waals surface area contributed by atoms with Crippen molar-refractivity contribution in [2.75, 3.05) is 0 Å². The highest BCUT2D eigenvalue weighted by Crippen LogP contribution is 2.42. The fraction of sp³-hybridized carbons (Fsp3) is 0.125. The van der Waals surface area contributed by atoms with Crippen molar-refractivity contribution in [3.8, 4) is 17.2 Å². The summed E-state index contributed by atoms with van der Waals surface area (Å²) in [7, 11) is 0. The van der Waals surface area contributed by atoms with Gasteiger partial charge in [-0.05, 0) is 42.8 Å². The van der Waals surface area contributed by atoms with Gasteiger partial charge >= 0.3 is 6.18 Å². The van der Waals surface area contributed by atoms with E-state index in [-0.39, 0.29) is 27.7 Å². The van der Waals surface area contributed by atoms with E-state index in [0.717, 1.165) is 41.1 Å². The van der Waals surface area contributed by atoms with Gasteiger partial charge in [-0.15, -0.1) is 0 Å². The number of hydrogen-bond acceptors (Lipinski definition) is 5. The molecule has 0 aliphatic carbocycles. The lowest BCUT2D eigenvalue weighted by atomic mass is 9.92. The van der Waals surface area contributed by atoms with Crippen LogP contribution in [-0.2, 0) is 12.7 Å². The van der Waals surface area contributed by atoms with Gasteiger partial charge in [0.15, 0.2) is 5.69 Å². The van der Waals surface area contributed by atoms with Gasteiger partial charge in [-0.1, -0.05) is 0 Å². The molecule has 0 saturated carbocycles. The number of nitriles is 1. The number of benzene rings is 2. The van der Waals surface area contributed by atoms with Gasteiger partial charge in [0.2, 0.25) is 5.91 Å². The van der Waals surface area contributed by atoms with Crippen molar-refractivity contribution in [3.63, 3.8) is 0 Å². The van der Waals surface area contributed by atoms with Gasteiger partial charge in [-0.3, -0.25) is 14.3 Å². The zero-order valence-electron chi connectivity index (χ0n) is 18.8. The standard InChI is InChI=1S/C24H15F5N6O2/c1-10-17(19-18(22(31)36)15-5-4-14(26)7-16(15)33-20(19)23(32)37)21(24(27,28)29)34-35(10)9-12-6-13(25)3-2-11(12)8-30/h2-7H,9H2,1H3,(H2,31,36)(H2,32,37). The smallest absolute Gasteiger partial charge is 0.366 e. The quantitative estimate of drug-likeness (QED) is 0.390. The van der Waals surface area contributed by atoms with E-state index in [4.69, 9.17) is 11.5 Å². The Morgan fingerprint density at radius 1 is 1.03 bits per heavy atom. The summed E-state index contributed by atoms with van der Waals surface area (Å²) in [5.41, 5.74) is 6.35. The Balaban J connectivity index is 2.11. The molecule has 2 aromatic carbocycles. The SMILES string of the molecule is Cc1c(-c2c(C(N)=O)nc3cc(F)ccc3c2C(N)=O)c(C(F)(F)F)nn1Cc1cc(F)ccc1C#N. The van der Waals surface area contributed by atoms with Crippen LogP contribution in [0.5, 0.6) is 0 Å². The lowest BCUT2D eigenvalue weighted by molar-refractivity contribution is -0.141. The van der Waals surface area contributed by atoms with Gasteiger partial charge in [0.05, 0.1) is 29.3 Å². The summed E-state index contributed by atoms with van der Waals surface area (Å²) in [5.74, 6) is -4.05. The molecule has 4 N–H and O–H groups in total. The van der Waals surface area contributed by atoms with Gasteiger partial charge in [0.1, 0.15) is 17.3 Å². The molecule has 0 aliphatic heterocycles. The van der Waals surface area contributed by atoms with Crippen LogP contribution in [0.2, 0.25) is 0 Å². The van der Waals surface area contributed by atoms with Crippen LogP contribution < -0.4 is 11.5 Å². The molecule has 2 amide bonds. The second kappa shape index (κ2) is 8.98. The molecule has 0 radical (unpaired) electrons. The van der Waals surface area contributed by atoms with Crippen LogP contribution in [0.15, 0.2) is 36.4 Å². The van der Waals surface area contributed by atoms with Crippen molar-refractivity contribution < 1.29 is 31.5 Å². The van der Waals surface area contributed by atoms with Gasteiger partial charge in [-0.2, -0.15) is 23.5 Å². The van der Waals surface area contributed by atoms with Gasteiger partial charge < -0.3 is 11.5 Å². The Labute approximate surface area is 204 Å². The molecule has 2 heterocycles. The predicted molar refractivity (Wildman–Crippen MR) is 120 cm³/mol. The summed E-state index contributed by atoms with van der Waals surface area (Å²) in [6, 6.07) is 7.88. The number of nitrogens with zero attached hydrogens (tertiary/aromatic N) is 4. The number of nitrogens with two attached hydrogens (primary N) is 2. The van der Waals surface area contributed by atoms with Crippen molar-refractivity contribution in [3.05, 3.63) is 81.8 Å². The summed E-state index contributed by atoms with van der Waals surface area (Å²) in [4.78, 5) is 28.8. The summed E-state index contributed by atoms with van der Waals surface area (Å²) in [6.07, 6.45) is -5.10. The van der Waals surface area contributed by atoms with Crippen molar-refractivity contribution in [1.29, 1.82) is 5.26 Å². The Bertz CT molecular complexity index is 1650. The molecule has 0 bridgehead atoms. The van der Waals surface area contributed by atoms with Crippen molar-refractivity contribution in [1.82, 2.24) is 14.8 Å². The number of rotatable bonds is 5. The highest BCUT2D eigenvalue weighted by molar-refractivity contribution is 6.15. The first-order chi connectivity index (χ1) is 17.3. The number of hydrogen-bond donors (Lipinski definition) is 2. The molecule has 8 nitrogen and oxygen atoms in total. The Morgan fingerprint density at radius 2 is 1.68 bits per heavy atom. The number of aromatic nitrogens is 3. The van der Waals surface area contributed by atoms with Crippen molar-refractivity contribution in [2.24, 2.45) is 11.5 Å². The summed E-state index contributed by atoms with van der Waals surface area (Å²) in [6.45, 7) is 0.757. The molecule has 0 saturated heterocycles. The van der Waals surface area contributed by atoms with E-state index < -0.39 is 64.2 Å². The molecule has 188 valence electrons. The van der Waals surface area contributed by atoms with Crippen LogP contribution in [-0.4, -0.2) is 26.6 Å². The summed E-state index contributed by atoms with van der Waals surface area (Å²) in [5, 5.41) is 12.8. The third-order valence-corrected chi connectivity index (χ3v) is 5.66. The number of halogens is 5. The van der Waals surface area contributed by atoms with E-state index in [1.165, 1.54) is 6.92 Å². The minimum absolute atomic E-state index is 0.00328. The van der Waals surface area contributed by atoms with Crippen LogP contribution in [0, 0.1) is 29.9 Å². The Kier molecular flexibility index (Phi) is 6.12. The van der Waals surface area contributed by atoms with Gasteiger partial charge in [0.25, 0.3) is 5.91 Å². The topological polar surface area (TPSA) is 141 Å². The highest BCUT2D eigenvalue weighted by atomic mass is 19.4. The number of fused-ring (bicyclic) bond motifs is 1. The molecule has 0 aliphatic rings. The molecule has 4 aromatic rings.